The fourth-order valence-corrected chi connectivity index (χ4v) is 4.34. The van der Waals surface area contributed by atoms with Crippen LogP contribution in [0.1, 0.15) is 6.92 Å². The Balaban J connectivity index is 1.64. The van der Waals surface area contributed by atoms with Gasteiger partial charge in [-0.25, -0.2) is 4.98 Å². The summed E-state index contributed by atoms with van der Waals surface area (Å²) >= 11 is 1.56. The van der Waals surface area contributed by atoms with E-state index in [1.54, 1.807) is 17.5 Å². The minimum Gasteiger partial charge on any atom is -0.378 e. The lowest BCUT2D eigenvalue weighted by atomic mass is 10.2. The van der Waals surface area contributed by atoms with Crippen molar-refractivity contribution in [1.82, 2.24) is 25.1 Å². The Morgan fingerprint density at radius 2 is 1.96 bits per heavy atom. The third kappa shape index (κ3) is 3.13. The van der Waals surface area contributed by atoms with E-state index in [1.807, 2.05) is 6.07 Å². The number of aromatic nitrogens is 5. The molecule has 0 spiro atoms. The molecule has 5 rings (SSSR count). The van der Waals surface area contributed by atoms with E-state index in [0.717, 1.165) is 52.4 Å². The van der Waals surface area contributed by atoms with Crippen molar-refractivity contribution in [2.45, 2.75) is 13.0 Å². The molecule has 5 heterocycles. The van der Waals surface area contributed by atoms with Gasteiger partial charge in [0.1, 0.15) is 10.5 Å². The van der Waals surface area contributed by atoms with Crippen LogP contribution in [0.4, 0.5) is 11.8 Å². The van der Waals surface area contributed by atoms with E-state index in [9.17, 15) is 0 Å². The summed E-state index contributed by atoms with van der Waals surface area (Å²) in [4.78, 5) is 20.0. The number of H-pyrrole nitrogens is 1. The summed E-state index contributed by atoms with van der Waals surface area (Å²) in [6, 6.07) is 2.16. The van der Waals surface area contributed by atoms with E-state index in [0.29, 0.717) is 26.4 Å². The lowest BCUT2D eigenvalue weighted by Crippen LogP contribution is -2.44. The van der Waals surface area contributed by atoms with Crippen LogP contribution < -0.4 is 9.80 Å². The molecule has 0 saturated carbocycles. The minimum absolute atomic E-state index is 0.242. The van der Waals surface area contributed by atoms with Crippen molar-refractivity contribution in [3.05, 3.63) is 12.3 Å². The molecule has 3 aromatic rings. The van der Waals surface area contributed by atoms with Crippen LogP contribution in [-0.4, -0.2) is 77.3 Å². The SMILES string of the molecule is C[C@@H]1COCCN1c1nc(N2CCOCC2)nc2sc(-c3ccn[nH]3)nc12. The van der Waals surface area contributed by atoms with Gasteiger partial charge in [0.2, 0.25) is 5.95 Å². The van der Waals surface area contributed by atoms with Gasteiger partial charge >= 0.3 is 0 Å². The lowest BCUT2D eigenvalue weighted by molar-refractivity contribution is 0.0986. The number of thiazole rings is 1. The largest absolute Gasteiger partial charge is 0.378 e. The summed E-state index contributed by atoms with van der Waals surface area (Å²) in [5.41, 5.74) is 1.74. The van der Waals surface area contributed by atoms with Gasteiger partial charge in [-0.1, -0.05) is 11.3 Å². The lowest BCUT2D eigenvalue weighted by Gasteiger charge is -2.35. The summed E-state index contributed by atoms with van der Waals surface area (Å²) in [7, 11) is 0. The highest BCUT2D eigenvalue weighted by Crippen LogP contribution is 2.35. The number of anilines is 2. The summed E-state index contributed by atoms with van der Waals surface area (Å²) in [5, 5.41) is 7.90. The second kappa shape index (κ2) is 7.02. The summed E-state index contributed by atoms with van der Waals surface area (Å²) in [5.74, 6) is 1.64. The Morgan fingerprint density at radius 1 is 1.11 bits per heavy atom. The number of rotatable bonds is 3. The van der Waals surface area contributed by atoms with Gasteiger partial charge < -0.3 is 19.3 Å². The van der Waals surface area contributed by atoms with Crippen molar-refractivity contribution >= 4 is 33.5 Å². The molecule has 0 aliphatic carbocycles. The molecule has 2 saturated heterocycles. The molecular formula is C17H21N7O2S. The molecule has 0 amide bonds. The number of morpholine rings is 2. The zero-order valence-electron chi connectivity index (χ0n) is 15.1. The molecule has 0 unspecified atom stereocenters. The number of hydrogen-bond acceptors (Lipinski definition) is 9. The van der Waals surface area contributed by atoms with Crippen LogP contribution in [0, 0.1) is 0 Å². The molecule has 2 aliphatic rings. The molecule has 1 atom stereocenters. The first-order chi connectivity index (χ1) is 13.3. The molecule has 2 fully saturated rings. The predicted molar refractivity (Wildman–Crippen MR) is 103 cm³/mol. The maximum Gasteiger partial charge on any atom is 0.228 e. The maximum atomic E-state index is 5.61. The van der Waals surface area contributed by atoms with Crippen molar-refractivity contribution in [2.75, 3.05) is 55.9 Å². The fourth-order valence-electron chi connectivity index (χ4n) is 3.43. The zero-order valence-corrected chi connectivity index (χ0v) is 15.9. The number of nitrogens with zero attached hydrogens (tertiary/aromatic N) is 6. The highest BCUT2D eigenvalue weighted by molar-refractivity contribution is 7.21. The maximum absolute atomic E-state index is 5.61. The molecule has 0 radical (unpaired) electrons. The third-order valence-corrected chi connectivity index (χ3v) is 5.88. The van der Waals surface area contributed by atoms with Crippen LogP contribution in [0.3, 0.4) is 0 Å². The van der Waals surface area contributed by atoms with Crippen molar-refractivity contribution in [3.8, 4) is 10.7 Å². The second-order valence-corrected chi connectivity index (χ2v) is 7.68. The molecule has 1 N–H and O–H groups in total. The van der Waals surface area contributed by atoms with E-state index < -0.39 is 0 Å². The van der Waals surface area contributed by atoms with Gasteiger partial charge in [0.25, 0.3) is 0 Å². The third-order valence-electron chi connectivity index (χ3n) is 4.89. The normalized spacial score (nSPS) is 21.1. The molecule has 0 bridgehead atoms. The predicted octanol–water partition coefficient (Wildman–Crippen LogP) is 1.54. The summed E-state index contributed by atoms with van der Waals surface area (Å²) in [6.07, 6.45) is 1.73. The van der Waals surface area contributed by atoms with Crippen LogP contribution in [0.25, 0.3) is 21.0 Å². The van der Waals surface area contributed by atoms with Gasteiger partial charge in [0.15, 0.2) is 10.6 Å². The number of aromatic amines is 1. The Morgan fingerprint density at radius 3 is 2.74 bits per heavy atom. The summed E-state index contributed by atoms with van der Waals surface area (Å²) < 4.78 is 11.1. The van der Waals surface area contributed by atoms with Crippen LogP contribution >= 0.6 is 11.3 Å². The Bertz CT molecular complexity index is 923. The molecule has 27 heavy (non-hydrogen) atoms. The van der Waals surface area contributed by atoms with Crippen molar-refractivity contribution in [2.24, 2.45) is 0 Å². The van der Waals surface area contributed by atoms with Gasteiger partial charge in [0, 0.05) is 25.8 Å². The Labute approximate surface area is 160 Å². The fraction of sp³-hybridized carbons (Fsp3) is 0.529. The molecule has 9 nitrogen and oxygen atoms in total. The average Bonchev–Trinajstić information content (AvgIpc) is 3.38. The first-order valence-electron chi connectivity index (χ1n) is 9.15. The van der Waals surface area contributed by atoms with Gasteiger partial charge in [-0.05, 0) is 13.0 Å². The molecule has 10 heteroatoms. The molecule has 3 aromatic heterocycles. The van der Waals surface area contributed by atoms with E-state index >= 15 is 0 Å². The number of fused-ring (bicyclic) bond motifs is 1. The van der Waals surface area contributed by atoms with Crippen LogP contribution in [0.15, 0.2) is 12.3 Å². The number of ether oxygens (including phenoxy) is 2. The topological polar surface area (TPSA) is 92.3 Å². The highest BCUT2D eigenvalue weighted by Gasteiger charge is 2.27. The summed E-state index contributed by atoms with van der Waals surface area (Å²) in [6.45, 7) is 7.35. The Hall–Kier alpha value is -2.30. The van der Waals surface area contributed by atoms with E-state index in [-0.39, 0.29) is 6.04 Å². The molecule has 0 aromatic carbocycles. The van der Waals surface area contributed by atoms with Gasteiger partial charge in [-0.15, -0.1) is 0 Å². The first-order valence-corrected chi connectivity index (χ1v) is 9.96. The van der Waals surface area contributed by atoms with Gasteiger partial charge in [-0.2, -0.15) is 15.1 Å². The van der Waals surface area contributed by atoms with Crippen LogP contribution in [0.2, 0.25) is 0 Å². The second-order valence-electron chi connectivity index (χ2n) is 6.71. The number of hydrogen-bond donors (Lipinski definition) is 1. The Kier molecular flexibility index (Phi) is 4.38. The zero-order chi connectivity index (χ0) is 18.2. The van der Waals surface area contributed by atoms with Crippen LogP contribution in [-0.2, 0) is 9.47 Å². The van der Waals surface area contributed by atoms with E-state index in [4.69, 9.17) is 24.4 Å². The van der Waals surface area contributed by atoms with E-state index in [2.05, 4.69) is 26.9 Å². The standard InChI is InChI=1S/C17H21N7O2S/c1-11-10-26-9-6-24(11)14-13-16(27-15(19-13)12-2-3-18-22-12)21-17(20-14)23-4-7-25-8-5-23/h2-3,11H,4-10H2,1H3,(H,18,22)/t11-/m1/s1. The quantitative estimate of drug-likeness (QED) is 0.724. The highest BCUT2D eigenvalue weighted by atomic mass is 32.1. The van der Waals surface area contributed by atoms with Crippen LogP contribution in [0.5, 0.6) is 0 Å². The molecule has 2 aliphatic heterocycles. The van der Waals surface area contributed by atoms with E-state index in [1.165, 1.54) is 0 Å². The van der Waals surface area contributed by atoms with Gasteiger partial charge in [-0.3, -0.25) is 5.10 Å². The first kappa shape index (κ1) is 16.8. The monoisotopic (exact) mass is 387 g/mol. The average molecular weight is 387 g/mol. The molecule has 142 valence electrons. The van der Waals surface area contributed by atoms with Crippen molar-refractivity contribution < 1.29 is 9.47 Å². The molecular weight excluding hydrogens is 366 g/mol. The van der Waals surface area contributed by atoms with Gasteiger partial charge in [0.05, 0.1) is 38.2 Å². The minimum atomic E-state index is 0.242. The number of nitrogens with one attached hydrogen (secondary N) is 1. The van der Waals surface area contributed by atoms with Crippen molar-refractivity contribution in [1.29, 1.82) is 0 Å². The smallest absolute Gasteiger partial charge is 0.228 e. The van der Waals surface area contributed by atoms with Crippen molar-refractivity contribution in [3.63, 3.8) is 0 Å².